The summed E-state index contributed by atoms with van der Waals surface area (Å²) < 4.78 is 0. The first-order valence-corrected chi connectivity index (χ1v) is 6.04. The smallest absolute Gasteiger partial charge is 0.0190 e. The first-order valence-electron chi connectivity index (χ1n) is 6.04. The van der Waals surface area contributed by atoms with Crippen LogP contribution in [0.2, 0.25) is 0 Å². The molecule has 2 N–H and O–H groups in total. The highest BCUT2D eigenvalue weighted by Crippen LogP contribution is 2.16. The van der Waals surface area contributed by atoms with E-state index in [9.17, 15) is 0 Å². The van der Waals surface area contributed by atoms with Crippen LogP contribution in [0, 0.1) is 5.41 Å². The molecule has 0 aliphatic rings. The van der Waals surface area contributed by atoms with Gasteiger partial charge in [-0.05, 0) is 31.3 Å². The zero-order valence-corrected chi connectivity index (χ0v) is 11.0. The zero-order valence-electron chi connectivity index (χ0n) is 11.0. The number of hydrogen-bond donors (Lipinski definition) is 1. The summed E-state index contributed by atoms with van der Waals surface area (Å²) in [5.74, 6) is 0. The molecule has 0 amide bonds. The van der Waals surface area contributed by atoms with Crippen LogP contribution in [0.1, 0.15) is 40.5 Å². The molecule has 15 heavy (non-hydrogen) atoms. The van der Waals surface area contributed by atoms with Gasteiger partial charge in [0, 0.05) is 13.1 Å². The third kappa shape index (κ3) is 6.69. The molecule has 0 aromatic rings. The van der Waals surface area contributed by atoms with Crippen LogP contribution in [0.15, 0.2) is 12.2 Å². The van der Waals surface area contributed by atoms with E-state index in [4.69, 9.17) is 5.73 Å². The Bertz CT molecular complexity index is 185. The molecular formula is C13H28N2. The van der Waals surface area contributed by atoms with E-state index in [1.165, 1.54) is 12.0 Å². The van der Waals surface area contributed by atoms with Crippen molar-refractivity contribution in [2.24, 2.45) is 11.1 Å². The average molecular weight is 212 g/mol. The number of hydrogen-bond acceptors (Lipinski definition) is 2. The molecule has 0 atom stereocenters. The van der Waals surface area contributed by atoms with Gasteiger partial charge < -0.3 is 5.73 Å². The molecule has 90 valence electrons. The van der Waals surface area contributed by atoms with E-state index < -0.39 is 0 Å². The van der Waals surface area contributed by atoms with E-state index >= 15 is 0 Å². The monoisotopic (exact) mass is 212 g/mol. The summed E-state index contributed by atoms with van der Waals surface area (Å²) in [6.07, 6.45) is 2.26. The molecule has 0 radical (unpaired) electrons. The topological polar surface area (TPSA) is 29.3 Å². The molecule has 0 rings (SSSR count). The van der Waals surface area contributed by atoms with E-state index in [0.717, 1.165) is 32.6 Å². The minimum absolute atomic E-state index is 0.211. The van der Waals surface area contributed by atoms with Crippen LogP contribution in [-0.2, 0) is 0 Å². The molecule has 0 aliphatic carbocycles. The van der Waals surface area contributed by atoms with E-state index in [0.29, 0.717) is 0 Å². The normalized spacial score (nSPS) is 12.1. The van der Waals surface area contributed by atoms with E-state index in [2.05, 4.69) is 39.2 Å². The van der Waals surface area contributed by atoms with Crippen LogP contribution < -0.4 is 5.73 Å². The van der Waals surface area contributed by atoms with Crippen LogP contribution in [0.5, 0.6) is 0 Å². The fourth-order valence-corrected chi connectivity index (χ4v) is 1.63. The van der Waals surface area contributed by atoms with Gasteiger partial charge in [0.2, 0.25) is 0 Å². The Balaban J connectivity index is 4.20. The molecule has 0 saturated carbocycles. The van der Waals surface area contributed by atoms with Gasteiger partial charge in [0.25, 0.3) is 0 Å². The Morgan fingerprint density at radius 2 is 1.93 bits per heavy atom. The van der Waals surface area contributed by atoms with Gasteiger partial charge in [-0.2, -0.15) is 0 Å². The summed E-state index contributed by atoms with van der Waals surface area (Å²) in [7, 11) is 0. The minimum atomic E-state index is 0.211. The van der Waals surface area contributed by atoms with Crippen LogP contribution in [0.25, 0.3) is 0 Å². The molecule has 0 saturated heterocycles. The predicted octanol–water partition coefficient (Wildman–Crippen LogP) is 2.65. The molecular weight excluding hydrogens is 184 g/mol. The van der Waals surface area contributed by atoms with E-state index in [-0.39, 0.29) is 5.41 Å². The second-order valence-electron chi connectivity index (χ2n) is 5.18. The molecule has 0 spiro atoms. The number of rotatable bonds is 8. The van der Waals surface area contributed by atoms with Crippen molar-refractivity contribution < 1.29 is 0 Å². The van der Waals surface area contributed by atoms with Crippen LogP contribution in [-0.4, -0.2) is 31.1 Å². The number of nitrogens with two attached hydrogens (primary N) is 1. The molecule has 0 heterocycles. The molecule has 0 aromatic heterocycles. The minimum Gasteiger partial charge on any atom is -0.330 e. The van der Waals surface area contributed by atoms with Crippen LogP contribution in [0.4, 0.5) is 0 Å². The maximum atomic E-state index is 5.76. The summed E-state index contributed by atoms with van der Waals surface area (Å²) in [5, 5.41) is 0. The van der Waals surface area contributed by atoms with Gasteiger partial charge in [0.15, 0.2) is 0 Å². The van der Waals surface area contributed by atoms with Gasteiger partial charge in [0.05, 0.1) is 0 Å². The van der Waals surface area contributed by atoms with Gasteiger partial charge in [0.1, 0.15) is 0 Å². The van der Waals surface area contributed by atoms with Crippen molar-refractivity contribution in [2.75, 3.05) is 26.2 Å². The van der Waals surface area contributed by atoms with Gasteiger partial charge in [-0.15, -0.1) is 0 Å². The maximum absolute atomic E-state index is 5.76. The number of nitrogens with zero attached hydrogens (tertiary/aromatic N) is 1. The molecule has 0 bridgehead atoms. The average Bonchev–Trinajstić information content (AvgIpc) is 2.17. The molecule has 0 aliphatic heterocycles. The lowest BCUT2D eigenvalue weighted by atomic mass is 9.93. The summed E-state index contributed by atoms with van der Waals surface area (Å²) in [5.41, 5.74) is 7.29. The van der Waals surface area contributed by atoms with Crippen molar-refractivity contribution in [3.8, 4) is 0 Å². The highest BCUT2D eigenvalue weighted by atomic mass is 15.1. The summed E-state index contributed by atoms with van der Waals surface area (Å²) >= 11 is 0. The van der Waals surface area contributed by atoms with Crippen molar-refractivity contribution in [3.05, 3.63) is 12.2 Å². The first-order chi connectivity index (χ1) is 6.95. The Kier molecular flexibility index (Phi) is 6.86. The largest absolute Gasteiger partial charge is 0.330 e. The lowest BCUT2D eigenvalue weighted by molar-refractivity contribution is 0.194. The second-order valence-corrected chi connectivity index (χ2v) is 5.18. The maximum Gasteiger partial charge on any atom is 0.0190 e. The van der Waals surface area contributed by atoms with Gasteiger partial charge in [-0.3, -0.25) is 4.90 Å². The van der Waals surface area contributed by atoms with Crippen molar-refractivity contribution in [3.63, 3.8) is 0 Å². The van der Waals surface area contributed by atoms with Crippen molar-refractivity contribution >= 4 is 0 Å². The fourth-order valence-electron chi connectivity index (χ4n) is 1.63. The molecule has 0 aromatic carbocycles. The van der Waals surface area contributed by atoms with Crippen LogP contribution >= 0.6 is 0 Å². The molecule has 2 nitrogen and oxygen atoms in total. The molecule has 0 fully saturated rings. The summed E-state index contributed by atoms with van der Waals surface area (Å²) in [4.78, 5) is 2.47. The fraction of sp³-hybridized carbons (Fsp3) is 0.846. The van der Waals surface area contributed by atoms with Gasteiger partial charge >= 0.3 is 0 Å². The lowest BCUT2D eigenvalue weighted by Crippen LogP contribution is -2.39. The standard InChI is InChI=1S/C13H28N2/c1-6-8-15(9-12(3)7-2)11-13(4,5)10-14/h3,6-11,14H2,1-2,4-5H3. The second kappa shape index (κ2) is 7.02. The zero-order chi connectivity index (χ0) is 11.9. The Hall–Kier alpha value is -0.340. The van der Waals surface area contributed by atoms with E-state index in [1.54, 1.807) is 0 Å². The van der Waals surface area contributed by atoms with Crippen LogP contribution in [0.3, 0.4) is 0 Å². The SMILES string of the molecule is C=C(CC)CN(CCC)CC(C)(C)CN. The Morgan fingerprint density at radius 3 is 2.33 bits per heavy atom. The molecule has 2 heteroatoms. The first kappa shape index (κ1) is 14.7. The van der Waals surface area contributed by atoms with Crippen molar-refractivity contribution in [2.45, 2.75) is 40.5 Å². The Morgan fingerprint density at radius 1 is 1.33 bits per heavy atom. The van der Waals surface area contributed by atoms with E-state index in [1.807, 2.05) is 0 Å². The van der Waals surface area contributed by atoms with Crippen molar-refractivity contribution in [1.82, 2.24) is 4.90 Å². The third-order valence-corrected chi connectivity index (χ3v) is 2.69. The third-order valence-electron chi connectivity index (χ3n) is 2.69. The lowest BCUT2D eigenvalue weighted by Gasteiger charge is -2.32. The summed E-state index contributed by atoms with van der Waals surface area (Å²) in [6.45, 7) is 16.9. The predicted molar refractivity (Wildman–Crippen MR) is 69.0 cm³/mol. The summed E-state index contributed by atoms with van der Waals surface area (Å²) in [6, 6.07) is 0. The van der Waals surface area contributed by atoms with Gasteiger partial charge in [-0.25, -0.2) is 0 Å². The highest BCUT2D eigenvalue weighted by Gasteiger charge is 2.19. The van der Waals surface area contributed by atoms with Gasteiger partial charge in [-0.1, -0.05) is 39.8 Å². The van der Waals surface area contributed by atoms with Crippen molar-refractivity contribution in [1.29, 1.82) is 0 Å². The quantitative estimate of drug-likeness (QED) is 0.627. The Labute approximate surface area is 95.5 Å². The molecule has 0 unspecified atom stereocenters. The highest BCUT2D eigenvalue weighted by molar-refractivity contribution is 4.96.